The maximum absolute atomic E-state index is 11.0. The zero-order chi connectivity index (χ0) is 14.0. The molecule has 0 aliphatic heterocycles. The Morgan fingerprint density at radius 3 is 1.39 bits per heavy atom. The van der Waals surface area contributed by atoms with Crippen LogP contribution in [-0.4, -0.2) is 78.2 Å². The van der Waals surface area contributed by atoms with Gasteiger partial charge in [0.15, 0.2) is 0 Å². The third-order valence-corrected chi connectivity index (χ3v) is 3.87. The van der Waals surface area contributed by atoms with Gasteiger partial charge in [0.05, 0.1) is 5.66 Å². The van der Waals surface area contributed by atoms with Gasteiger partial charge in [0.1, 0.15) is 0 Å². The molecule has 0 aromatic carbocycles. The first-order valence-corrected chi connectivity index (χ1v) is 5.96. The van der Waals surface area contributed by atoms with Crippen LogP contribution in [0.25, 0.3) is 0 Å². The Morgan fingerprint density at radius 1 is 1.06 bits per heavy atom. The van der Waals surface area contributed by atoms with E-state index in [9.17, 15) is 18.9 Å². The van der Waals surface area contributed by atoms with E-state index in [1.54, 1.807) is 0 Å². The van der Waals surface area contributed by atoms with Crippen LogP contribution in [0.1, 0.15) is 13.3 Å². The molecule has 0 radical (unpaired) electrons. The number of hydrogen-bond acceptors (Lipinski definition) is 4. The van der Waals surface area contributed by atoms with Crippen LogP contribution in [0.15, 0.2) is 0 Å². The molecule has 0 bridgehead atoms. The molecule has 0 spiro atoms. The van der Waals surface area contributed by atoms with Crippen molar-refractivity contribution in [3.63, 3.8) is 0 Å². The average Bonchev–Trinajstić information content (AvgIpc) is 2.09. The summed E-state index contributed by atoms with van der Waals surface area (Å²) < 4.78 is 11.0. The van der Waals surface area contributed by atoms with Gasteiger partial charge in [-0.1, -0.05) is 6.92 Å². The number of carbonyl (C=O) groups is 3. The van der Waals surface area contributed by atoms with E-state index < -0.39 is 43.0 Å². The second kappa shape index (κ2) is 6.65. The van der Waals surface area contributed by atoms with E-state index in [1.165, 1.54) is 0 Å². The van der Waals surface area contributed by atoms with E-state index in [-0.39, 0.29) is 29.6 Å². The van der Waals surface area contributed by atoms with Crippen molar-refractivity contribution >= 4 is 55.1 Å². The van der Waals surface area contributed by atoms with Gasteiger partial charge in [0.25, 0.3) is 5.41 Å². The molecule has 18 heavy (non-hydrogen) atoms. The Labute approximate surface area is 123 Å². The van der Waals surface area contributed by atoms with Gasteiger partial charge in [-0.3, -0.25) is 18.9 Å². The molecule has 11 heteroatoms. The molecule has 0 saturated carbocycles. The van der Waals surface area contributed by atoms with E-state index >= 15 is 0 Å². The summed E-state index contributed by atoms with van der Waals surface area (Å²) in [6.07, 6.45) is -0.616. The van der Waals surface area contributed by atoms with E-state index in [4.69, 9.17) is 25.1 Å². The maximum atomic E-state index is 11.0. The van der Waals surface area contributed by atoms with Crippen molar-refractivity contribution < 1.29 is 44.1 Å². The molecule has 5 N–H and O–H groups in total. The van der Waals surface area contributed by atoms with Crippen LogP contribution >= 0.6 is 7.60 Å². The summed E-state index contributed by atoms with van der Waals surface area (Å²) in [7, 11) is -5.20. The normalized spacial score (nSPS) is 13.3. The standard InChI is InChI=1S/C7H11O9P.Na.H/c1-2-3(17(14,15)16)7(4(8)9,5(10)11)6(12)13;;/h3H,2H2,1H3,(H,8,9)(H,10,11)(H,12,13)(H2,14,15,16);;. The Morgan fingerprint density at radius 2 is 1.33 bits per heavy atom. The molecule has 0 aromatic heterocycles. The van der Waals surface area contributed by atoms with Crippen LogP contribution in [0.3, 0.4) is 0 Å². The SMILES string of the molecule is CCC(C(C(=O)O)(C(=O)O)C(=O)O)P(=O)(O)O.[NaH]. The fraction of sp³-hybridized carbons (Fsp3) is 0.571. The molecule has 0 rings (SSSR count). The number of carboxylic acids is 3. The average molecular weight is 294 g/mol. The fourth-order valence-electron chi connectivity index (χ4n) is 1.50. The van der Waals surface area contributed by atoms with Gasteiger partial charge in [-0.05, 0) is 6.42 Å². The van der Waals surface area contributed by atoms with Crippen LogP contribution in [0.5, 0.6) is 0 Å². The van der Waals surface area contributed by atoms with Gasteiger partial charge >= 0.3 is 55.1 Å². The first-order chi connectivity index (χ1) is 7.52. The van der Waals surface area contributed by atoms with Gasteiger partial charge in [0, 0.05) is 0 Å². The molecule has 0 amide bonds. The van der Waals surface area contributed by atoms with Crippen LogP contribution in [0, 0.1) is 5.41 Å². The van der Waals surface area contributed by atoms with Crippen LogP contribution < -0.4 is 0 Å². The molecule has 0 aliphatic rings. The minimum atomic E-state index is -5.20. The summed E-state index contributed by atoms with van der Waals surface area (Å²) >= 11 is 0. The number of rotatable bonds is 6. The predicted molar refractivity (Wildman–Crippen MR) is 58.6 cm³/mol. The summed E-state index contributed by atoms with van der Waals surface area (Å²) in [6, 6.07) is 0. The second-order valence-corrected chi connectivity index (χ2v) is 5.04. The van der Waals surface area contributed by atoms with E-state index in [0.29, 0.717) is 0 Å². The predicted octanol–water partition coefficient (Wildman–Crippen LogP) is -1.47. The van der Waals surface area contributed by atoms with Gasteiger partial charge in [-0.15, -0.1) is 0 Å². The molecular weight excluding hydrogens is 282 g/mol. The molecular formula is C7H12NaO9P. The Hall–Kier alpha value is -0.440. The molecule has 100 valence electrons. The van der Waals surface area contributed by atoms with Crippen LogP contribution in [0.2, 0.25) is 0 Å². The third-order valence-electron chi connectivity index (χ3n) is 2.30. The quantitative estimate of drug-likeness (QED) is 0.223. The topological polar surface area (TPSA) is 169 Å². The summed E-state index contributed by atoms with van der Waals surface area (Å²) in [5.74, 6) is -6.98. The van der Waals surface area contributed by atoms with Crippen molar-refractivity contribution in [1.29, 1.82) is 0 Å². The Kier molecular flexibility index (Phi) is 7.34. The monoisotopic (exact) mass is 294 g/mol. The van der Waals surface area contributed by atoms with Gasteiger partial charge in [-0.25, -0.2) is 0 Å². The van der Waals surface area contributed by atoms with E-state index in [0.717, 1.165) is 6.92 Å². The van der Waals surface area contributed by atoms with Crippen molar-refractivity contribution in [1.82, 2.24) is 0 Å². The molecule has 0 heterocycles. The Bertz CT molecular complexity index is 364. The number of hydrogen-bond donors (Lipinski definition) is 5. The van der Waals surface area contributed by atoms with Crippen LogP contribution in [-0.2, 0) is 18.9 Å². The summed E-state index contributed by atoms with van der Waals surface area (Å²) in [5, 5.41) is 26.2. The molecule has 0 aromatic rings. The fourth-order valence-corrected chi connectivity index (χ4v) is 2.81. The molecule has 0 fully saturated rings. The summed E-state index contributed by atoms with van der Waals surface area (Å²) in [6.45, 7) is 1.09. The molecule has 9 nitrogen and oxygen atoms in total. The molecule has 1 unspecified atom stereocenters. The number of aliphatic carboxylic acids is 3. The number of carboxylic acid groups (broad SMARTS) is 3. The summed E-state index contributed by atoms with van der Waals surface area (Å²) in [5.41, 5.74) is -5.91. The molecule has 0 saturated heterocycles. The van der Waals surface area contributed by atoms with Gasteiger partial charge in [0.2, 0.25) is 0 Å². The van der Waals surface area contributed by atoms with Crippen molar-refractivity contribution in [2.24, 2.45) is 5.41 Å². The van der Waals surface area contributed by atoms with Crippen LogP contribution in [0.4, 0.5) is 0 Å². The van der Waals surface area contributed by atoms with Gasteiger partial charge < -0.3 is 25.1 Å². The van der Waals surface area contributed by atoms with Crippen molar-refractivity contribution in [2.75, 3.05) is 0 Å². The zero-order valence-corrected chi connectivity index (χ0v) is 9.50. The van der Waals surface area contributed by atoms with Crippen molar-refractivity contribution in [3.8, 4) is 0 Å². The second-order valence-electron chi connectivity index (χ2n) is 3.24. The molecule has 0 aliphatic carbocycles. The van der Waals surface area contributed by atoms with E-state index in [1.807, 2.05) is 0 Å². The first kappa shape index (κ1) is 19.9. The Balaban J connectivity index is 0. The minimum absolute atomic E-state index is 0. The zero-order valence-electron chi connectivity index (χ0n) is 8.60. The summed E-state index contributed by atoms with van der Waals surface area (Å²) in [4.78, 5) is 50.3. The molecule has 1 atom stereocenters. The third kappa shape index (κ3) is 3.31. The van der Waals surface area contributed by atoms with E-state index in [2.05, 4.69) is 0 Å². The van der Waals surface area contributed by atoms with Crippen molar-refractivity contribution in [3.05, 3.63) is 0 Å². The first-order valence-electron chi connectivity index (χ1n) is 4.28. The van der Waals surface area contributed by atoms with Gasteiger partial charge in [-0.2, -0.15) is 0 Å². The van der Waals surface area contributed by atoms with Crippen molar-refractivity contribution in [2.45, 2.75) is 19.0 Å².